The second kappa shape index (κ2) is 4.04. The van der Waals surface area contributed by atoms with E-state index >= 15 is 0 Å². The van der Waals surface area contributed by atoms with Crippen molar-refractivity contribution in [1.82, 2.24) is 4.90 Å². The van der Waals surface area contributed by atoms with Gasteiger partial charge < -0.3 is 9.47 Å². The zero-order chi connectivity index (χ0) is 8.27. The molecule has 1 saturated heterocycles. The van der Waals surface area contributed by atoms with Gasteiger partial charge in [0.05, 0.1) is 12.7 Å². The first-order chi connectivity index (χ1) is 5.27. The van der Waals surface area contributed by atoms with Gasteiger partial charge in [0.2, 0.25) is 0 Å². The predicted octanol–water partition coefficient (Wildman–Crippen LogP) is 0.352. The molecule has 1 fully saturated rings. The summed E-state index contributed by atoms with van der Waals surface area (Å²) in [7, 11) is 5.63. The fourth-order valence-corrected chi connectivity index (χ4v) is 1.59. The molecule has 0 spiro atoms. The molecule has 0 aromatic rings. The average molecular weight is 159 g/mol. The quantitative estimate of drug-likeness (QED) is 0.593. The first kappa shape index (κ1) is 8.97. The van der Waals surface area contributed by atoms with Gasteiger partial charge in [0.25, 0.3) is 0 Å². The highest BCUT2D eigenvalue weighted by atomic mass is 16.5. The maximum Gasteiger partial charge on any atom is 0.0714 e. The molecule has 3 nitrogen and oxygen atoms in total. The molecule has 0 radical (unpaired) electrons. The van der Waals surface area contributed by atoms with Crippen LogP contribution in [0.15, 0.2) is 0 Å². The van der Waals surface area contributed by atoms with E-state index in [0.29, 0.717) is 12.1 Å². The summed E-state index contributed by atoms with van der Waals surface area (Å²) in [6, 6.07) is 0.546. The maximum atomic E-state index is 5.26. The van der Waals surface area contributed by atoms with Gasteiger partial charge in [0.15, 0.2) is 0 Å². The van der Waals surface area contributed by atoms with E-state index in [1.54, 1.807) is 14.2 Å². The number of likely N-dealkylation sites (tertiary alicyclic amines) is 1. The number of nitrogens with zero attached hydrogens (tertiary/aromatic N) is 1. The highest BCUT2D eigenvalue weighted by Gasteiger charge is 2.28. The molecule has 0 aromatic heterocycles. The summed E-state index contributed by atoms with van der Waals surface area (Å²) in [6.07, 6.45) is 1.50. The summed E-state index contributed by atoms with van der Waals surface area (Å²) in [6.45, 7) is 1.85. The zero-order valence-corrected chi connectivity index (χ0v) is 7.54. The Labute approximate surface area is 68.3 Å². The van der Waals surface area contributed by atoms with Crippen molar-refractivity contribution in [1.29, 1.82) is 0 Å². The third-order valence-corrected chi connectivity index (χ3v) is 2.34. The van der Waals surface area contributed by atoms with Crippen molar-refractivity contribution < 1.29 is 9.47 Å². The molecular weight excluding hydrogens is 142 g/mol. The Morgan fingerprint density at radius 1 is 1.45 bits per heavy atom. The zero-order valence-electron chi connectivity index (χ0n) is 7.54. The monoisotopic (exact) mass is 159 g/mol. The lowest BCUT2D eigenvalue weighted by Gasteiger charge is -2.16. The molecule has 0 amide bonds. The summed E-state index contributed by atoms with van der Waals surface area (Å²) in [5, 5.41) is 0. The summed E-state index contributed by atoms with van der Waals surface area (Å²) in [5.74, 6) is 0. The van der Waals surface area contributed by atoms with Crippen LogP contribution in [0.3, 0.4) is 0 Å². The van der Waals surface area contributed by atoms with Crippen molar-refractivity contribution in [2.75, 3.05) is 34.4 Å². The molecule has 2 unspecified atom stereocenters. The first-order valence-corrected chi connectivity index (χ1v) is 4.00. The highest BCUT2D eigenvalue weighted by Crippen LogP contribution is 2.17. The molecule has 0 aliphatic carbocycles. The van der Waals surface area contributed by atoms with Gasteiger partial charge >= 0.3 is 0 Å². The van der Waals surface area contributed by atoms with Gasteiger partial charge in [0, 0.05) is 26.8 Å². The molecule has 0 saturated carbocycles. The fraction of sp³-hybridized carbons (Fsp3) is 1.00. The van der Waals surface area contributed by atoms with E-state index in [1.807, 2.05) is 0 Å². The van der Waals surface area contributed by atoms with Crippen LogP contribution >= 0.6 is 0 Å². The van der Waals surface area contributed by atoms with E-state index in [9.17, 15) is 0 Å². The second-order valence-corrected chi connectivity index (χ2v) is 3.14. The predicted molar refractivity (Wildman–Crippen MR) is 43.7 cm³/mol. The SMILES string of the molecule is COCC1CC(OC)CN1C. The van der Waals surface area contributed by atoms with Gasteiger partial charge in [-0.15, -0.1) is 0 Å². The minimum atomic E-state index is 0.403. The van der Waals surface area contributed by atoms with E-state index < -0.39 is 0 Å². The standard InChI is InChI=1S/C8H17NO2/c1-9-5-8(11-3)4-7(9)6-10-2/h7-8H,4-6H2,1-3H3. The lowest BCUT2D eigenvalue weighted by atomic mass is 10.2. The molecule has 11 heavy (non-hydrogen) atoms. The summed E-state index contributed by atoms with van der Waals surface area (Å²) < 4.78 is 10.4. The van der Waals surface area contributed by atoms with Crippen LogP contribution in [0.1, 0.15) is 6.42 Å². The van der Waals surface area contributed by atoms with E-state index in [0.717, 1.165) is 19.6 Å². The van der Waals surface area contributed by atoms with Crippen LogP contribution in [0.5, 0.6) is 0 Å². The van der Waals surface area contributed by atoms with Crippen LogP contribution < -0.4 is 0 Å². The number of rotatable bonds is 3. The third-order valence-electron chi connectivity index (χ3n) is 2.34. The minimum absolute atomic E-state index is 0.403. The summed E-state index contributed by atoms with van der Waals surface area (Å²) in [5.41, 5.74) is 0. The Morgan fingerprint density at radius 2 is 2.18 bits per heavy atom. The summed E-state index contributed by atoms with van der Waals surface area (Å²) >= 11 is 0. The lowest BCUT2D eigenvalue weighted by Crippen LogP contribution is -2.28. The van der Waals surface area contributed by atoms with Crippen molar-refractivity contribution in [3.63, 3.8) is 0 Å². The van der Waals surface area contributed by atoms with E-state index in [4.69, 9.17) is 9.47 Å². The molecule has 66 valence electrons. The van der Waals surface area contributed by atoms with Gasteiger partial charge in [0.1, 0.15) is 0 Å². The summed E-state index contributed by atoms with van der Waals surface area (Å²) in [4.78, 5) is 2.29. The van der Waals surface area contributed by atoms with Crippen LogP contribution in [0.4, 0.5) is 0 Å². The molecular formula is C8H17NO2. The Balaban J connectivity index is 2.32. The van der Waals surface area contributed by atoms with E-state index in [2.05, 4.69) is 11.9 Å². The van der Waals surface area contributed by atoms with Gasteiger partial charge in [-0.25, -0.2) is 0 Å². The van der Waals surface area contributed by atoms with Crippen LogP contribution in [-0.4, -0.2) is 51.5 Å². The average Bonchev–Trinajstić information content (AvgIpc) is 2.33. The Kier molecular flexibility index (Phi) is 3.30. The Morgan fingerprint density at radius 3 is 2.64 bits per heavy atom. The Bertz CT molecular complexity index is 119. The lowest BCUT2D eigenvalue weighted by molar-refractivity contribution is 0.110. The van der Waals surface area contributed by atoms with E-state index in [-0.39, 0.29) is 0 Å². The number of hydrogen-bond donors (Lipinski definition) is 0. The Hall–Kier alpha value is -0.120. The third kappa shape index (κ3) is 2.15. The molecule has 1 aliphatic heterocycles. The van der Waals surface area contributed by atoms with Crippen LogP contribution in [-0.2, 0) is 9.47 Å². The minimum Gasteiger partial charge on any atom is -0.383 e. The van der Waals surface area contributed by atoms with Gasteiger partial charge in [-0.3, -0.25) is 4.90 Å². The normalized spacial score (nSPS) is 33.0. The van der Waals surface area contributed by atoms with Gasteiger partial charge in [-0.1, -0.05) is 0 Å². The number of likely N-dealkylation sites (N-methyl/N-ethyl adjacent to an activating group) is 1. The van der Waals surface area contributed by atoms with Crippen LogP contribution in [0, 0.1) is 0 Å². The first-order valence-electron chi connectivity index (χ1n) is 4.00. The molecule has 3 heteroatoms. The molecule has 0 aromatic carbocycles. The van der Waals surface area contributed by atoms with Crippen LogP contribution in [0.2, 0.25) is 0 Å². The highest BCUT2D eigenvalue weighted by molar-refractivity contribution is 4.83. The largest absolute Gasteiger partial charge is 0.383 e. The van der Waals surface area contributed by atoms with Crippen molar-refractivity contribution in [3.05, 3.63) is 0 Å². The molecule has 2 atom stereocenters. The van der Waals surface area contributed by atoms with Crippen LogP contribution in [0.25, 0.3) is 0 Å². The fourth-order valence-electron chi connectivity index (χ4n) is 1.59. The van der Waals surface area contributed by atoms with Gasteiger partial charge in [-0.2, -0.15) is 0 Å². The molecule has 1 rings (SSSR count). The second-order valence-electron chi connectivity index (χ2n) is 3.14. The molecule has 1 heterocycles. The smallest absolute Gasteiger partial charge is 0.0714 e. The molecule has 1 aliphatic rings. The maximum absolute atomic E-state index is 5.26. The molecule has 0 N–H and O–H groups in total. The molecule has 0 bridgehead atoms. The van der Waals surface area contributed by atoms with Crippen molar-refractivity contribution >= 4 is 0 Å². The van der Waals surface area contributed by atoms with Crippen molar-refractivity contribution in [2.45, 2.75) is 18.6 Å². The number of methoxy groups -OCH3 is 2. The number of hydrogen-bond acceptors (Lipinski definition) is 3. The van der Waals surface area contributed by atoms with Gasteiger partial charge in [-0.05, 0) is 13.5 Å². The van der Waals surface area contributed by atoms with Crippen molar-refractivity contribution in [2.24, 2.45) is 0 Å². The topological polar surface area (TPSA) is 21.7 Å². The van der Waals surface area contributed by atoms with Crippen molar-refractivity contribution in [3.8, 4) is 0 Å². The van der Waals surface area contributed by atoms with E-state index in [1.165, 1.54) is 0 Å². The number of ether oxygens (including phenoxy) is 2.